The molecule has 0 atom stereocenters. The number of anilines is 3. The van der Waals surface area contributed by atoms with Crippen molar-refractivity contribution in [3.63, 3.8) is 0 Å². The number of benzene rings is 2. The maximum absolute atomic E-state index is 12.5. The van der Waals surface area contributed by atoms with Crippen molar-refractivity contribution in [1.82, 2.24) is 9.97 Å². The highest BCUT2D eigenvalue weighted by Crippen LogP contribution is 2.24. The zero-order valence-corrected chi connectivity index (χ0v) is 13.9. The largest absolute Gasteiger partial charge is 0.495 e. The van der Waals surface area contributed by atoms with E-state index >= 15 is 0 Å². The number of carbonyl (C=O) groups excluding carboxylic acids is 1. The summed E-state index contributed by atoms with van der Waals surface area (Å²) in [6, 6.07) is 17.7. The molecule has 0 aliphatic carbocycles. The van der Waals surface area contributed by atoms with Crippen LogP contribution in [-0.4, -0.2) is 23.0 Å². The molecule has 128 valence electrons. The normalized spacial score (nSPS) is 9.85. The topological polar surface area (TPSA) is 99.9 Å². The van der Waals surface area contributed by atoms with Gasteiger partial charge in [-0.25, -0.2) is 9.97 Å². The molecule has 0 aliphatic rings. The number of carbonyl (C=O) groups is 1. The molecule has 0 spiro atoms. The maximum atomic E-state index is 12.5. The Kier molecular flexibility index (Phi) is 5.05. The summed E-state index contributed by atoms with van der Waals surface area (Å²) < 4.78 is 5.22. The third kappa shape index (κ3) is 3.76. The molecular weight excluding hydrogens is 330 g/mol. The van der Waals surface area contributed by atoms with Crippen molar-refractivity contribution in [3.05, 3.63) is 72.2 Å². The lowest BCUT2D eigenvalue weighted by Gasteiger charge is -2.10. The van der Waals surface area contributed by atoms with Crippen LogP contribution in [0.4, 0.5) is 17.2 Å². The van der Waals surface area contributed by atoms with Gasteiger partial charge in [-0.3, -0.25) is 4.79 Å². The second-order valence-corrected chi connectivity index (χ2v) is 5.23. The molecule has 7 heteroatoms. The predicted octanol–water partition coefficient (Wildman–Crippen LogP) is 3.35. The van der Waals surface area contributed by atoms with Crippen LogP contribution in [0.1, 0.15) is 16.1 Å². The van der Waals surface area contributed by atoms with Gasteiger partial charge < -0.3 is 15.4 Å². The lowest BCUT2D eigenvalue weighted by Crippen LogP contribution is -2.15. The molecule has 7 nitrogen and oxygen atoms in total. The second kappa shape index (κ2) is 7.77. The smallest absolute Gasteiger partial charge is 0.274 e. The lowest BCUT2D eigenvalue weighted by atomic mass is 10.2. The van der Waals surface area contributed by atoms with Crippen LogP contribution in [0.2, 0.25) is 0 Å². The number of para-hydroxylation sites is 3. The Labute approximate surface area is 150 Å². The second-order valence-electron chi connectivity index (χ2n) is 5.23. The first-order chi connectivity index (χ1) is 12.7. The molecule has 0 radical (unpaired) electrons. The molecule has 0 saturated carbocycles. The summed E-state index contributed by atoms with van der Waals surface area (Å²) in [5.41, 5.74) is 1.81. The molecule has 1 aromatic heterocycles. The molecule has 26 heavy (non-hydrogen) atoms. The Morgan fingerprint density at radius 3 is 2.58 bits per heavy atom. The minimum Gasteiger partial charge on any atom is -0.495 e. The number of ether oxygens (including phenoxy) is 1. The van der Waals surface area contributed by atoms with E-state index < -0.39 is 5.91 Å². The van der Waals surface area contributed by atoms with E-state index in [4.69, 9.17) is 10.00 Å². The van der Waals surface area contributed by atoms with E-state index in [0.29, 0.717) is 28.5 Å². The number of amides is 1. The van der Waals surface area contributed by atoms with Gasteiger partial charge in [-0.2, -0.15) is 5.26 Å². The third-order valence-electron chi connectivity index (χ3n) is 3.57. The molecular formula is C19H15N5O2. The maximum Gasteiger partial charge on any atom is 0.274 e. The summed E-state index contributed by atoms with van der Waals surface area (Å²) in [5, 5.41) is 14.9. The van der Waals surface area contributed by atoms with Crippen molar-refractivity contribution in [1.29, 1.82) is 5.26 Å². The van der Waals surface area contributed by atoms with Crippen molar-refractivity contribution < 1.29 is 9.53 Å². The first-order valence-electron chi connectivity index (χ1n) is 7.74. The number of nitrogens with zero attached hydrogens (tertiary/aromatic N) is 3. The predicted molar refractivity (Wildman–Crippen MR) is 97.4 cm³/mol. The summed E-state index contributed by atoms with van der Waals surface area (Å²) in [6.45, 7) is 0. The number of nitriles is 1. The van der Waals surface area contributed by atoms with E-state index in [1.54, 1.807) is 42.5 Å². The van der Waals surface area contributed by atoms with Crippen molar-refractivity contribution in [2.24, 2.45) is 0 Å². The molecule has 1 heterocycles. The van der Waals surface area contributed by atoms with E-state index in [-0.39, 0.29) is 5.69 Å². The number of methoxy groups -OCH3 is 1. The zero-order valence-electron chi connectivity index (χ0n) is 13.9. The van der Waals surface area contributed by atoms with E-state index in [0.717, 1.165) is 0 Å². The van der Waals surface area contributed by atoms with Gasteiger partial charge in [-0.1, -0.05) is 24.3 Å². The number of hydrogen-bond acceptors (Lipinski definition) is 6. The van der Waals surface area contributed by atoms with Gasteiger partial charge in [-0.15, -0.1) is 0 Å². The molecule has 0 fully saturated rings. The fraction of sp³-hybridized carbons (Fsp3) is 0.0526. The molecule has 0 bridgehead atoms. The molecule has 2 aromatic carbocycles. The monoisotopic (exact) mass is 345 g/mol. The van der Waals surface area contributed by atoms with Gasteiger partial charge in [0, 0.05) is 6.07 Å². The van der Waals surface area contributed by atoms with Crippen LogP contribution in [0.3, 0.4) is 0 Å². The molecule has 0 aliphatic heterocycles. The van der Waals surface area contributed by atoms with E-state index in [9.17, 15) is 4.79 Å². The molecule has 1 amide bonds. The van der Waals surface area contributed by atoms with Crippen LogP contribution in [-0.2, 0) is 0 Å². The van der Waals surface area contributed by atoms with Crippen LogP contribution in [0, 0.1) is 11.3 Å². The fourth-order valence-corrected chi connectivity index (χ4v) is 2.31. The quantitative estimate of drug-likeness (QED) is 0.735. The number of hydrogen-bond donors (Lipinski definition) is 2. The summed E-state index contributed by atoms with van der Waals surface area (Å²) in [6.07, 6.45) is 1.29. The highest BCUT2D eigenvalue weighted by atomic mass is 16.5. The molecule has 2 N–H and O–H groups in total. The Morgan fingerprint density at radius 2 is 1.81 bits per heavy atom. The van der Waals surface area contributed by atoms with Crippen molar-refractivity contribution >= 4 is 23.1 Å². The van der Waals surface area contributed by atoms with Gasteiger partial charge in [0.05, 0.1) is 24.0 Å². The van der Waals surface area contributed by atoms with Crippen LogP contribution in [0.5, 0.6) is 5.75 Å². The number of nitrogens with one attached hydrogen (secondary N) is 2. The van der Waals surface area contributed by atoms with E-state index in [1.165, 1.54) is 19.5 Å². The first-order valence-corrected chi connectivity index (χ1v) is 7.74. The minimum atomic E-state index is -0.395. The SMILES string of the molecule is COc1ccccc1NC(=O)c1cc(Nc2ccccc2C#N)ncn1. The van der Waals surface area contributed by atoms with Crippen molar-refractivity contribution in [2.75, 3.05) is 17.7 Å². The standard InChI is InChI=1S/C19H15N5O2/c1-26-17-9-5-4-8-15(17)24-19(25)16-10-18(22-12-21-16)23-14-7-3-2-6-13(14)11-20/h2-10,12H,1H3,(H,24,25)(H,21,22,23). The Balaban J connectivity index is 1.81. The van der Waals surface area contributed by atoms with Gasteiger partial charge in [-0.05, 0) is 24.3 Å². The first kappa shape index (κ1) is 16.9. The van der Waals surface area contributed by atoms with Gasteiger partial charge in [0.25, 0.3) is 5.91 Å². The number of aromatic nitrogens is 2. The zero-order chi connectivity index (χ0) is 18.4. The van der Waals surface area contributed by atoms with Gasteiger partial charge in [0.1, 0.15) is 29.7 Å². The summed E-state index contributed by atoms with van der Waals surface area (Å²) in [4.78, 5) is 20.6. The van der Waals surface area contributed by atoms with Gasteiger partial charge in [0.2, 0.25) is 0 Å². The third-order valence-corrected chi connectivity index (χ3v) is 3.57. The number of rotatable bonds is 5. The van der Waals surface area contributed by atoms with Gasteiger partial charge >= 0.3 is 0 Å². The Hall–Kier alpha value is -3.92. The molecule has 3 rings (SSSR count). The van der Waals surface area contributed by atoms with Crippen LogP contribution >= 0.6 is 0 Å². The summed E-state index contributed by atoms with van der Waals surface area (Å²) in [7, 11) is 1.53. The highest BCUT2D eigenvalue weighted by Gasteiger charge is 2.12. The van der Waals surface area contributed by atoms with E-state index in [1.807, 2.05) is 6.07 Å². The van der Waals surface area contributed by atoms with Crippen LogP contribution < -0.4 is 15.4 Å². The van der Waals surface area contributed by atoms with Gasteiger partial charge in [0.15, 0.2) is 0 Å². The van der Waals surface area contributed by atoms with Crippen molar-refractivity contribution in [2.45, 2.75) is 0 Å². The molecule has 0 unspecified atom stereocenters. The van der Waals surface area contributed by atoms with Crippen LogP contribution in [0.15, 0.2) is 60.9 Å². The Bertz CT molecular complexity index is 981. The molecule has 0 saturated heterocycles. The summed E-state index contributed by atoms with van der Waals surface area (Å²) >= 11 is 0. The van der Waals surface area contributed by atoms with E-state index in [2.05, 4.69) is 26.7 Å². The fourth-order valence-electron chi connectivity index (χ4n) is 2.31. The minimum absolute atomic E-state index is 0.183. The highest BCUT2D eigenvalue weighted by molar-refractivity contribution is 6.04. The average Bonchev–Trinajstić information content (AvgIpc) is 2.69. The average molecular weight is 345 g/mol. The van der Waals surface area contributed by atoms with Crippen molar-refractivity contribution in [3.8, 4) is 11.8 Å². The Morgan fingerprint density at radius 1 is 1.08 bits per heavy atom. The van der Waals surface area contributed by atoms with Crippen LogP contribution in [0.25, 0.3) is 0 Å². The summed E-state index contributed by atoms with van der Waals surface area (Å²) in [5.74, 6) is 0.567. The molecule has 3 aromatic rings. The lowest BCUT2D eigenvalue weighted by molar-refractivity contribution is 0.102.